The SMILES string of the molecule is CCNC(Cc1ncnn1CC)c1cc2ccccc2o1. The molecule has 0 saturated heterocycles. The predicted molar refractivity (Wildman–Crippen MR) is 82.0 cm³/mol. The third kappa shape index (κ3) is 2.83. The number of nitrogens with one attached hydrogen (secondary N) is 1. The van der Waals surface area contributed by atoms with Gasteiger partial charge < -0.3 is 9.73 Å². The predicted octanol–water partition coefficient (Wildman–Crippen LogP) is 2.94. The van der Waals surface area contributed by atoms with Gasteiger partial charge >= 0.3 is 0 Å². The molecule has 1 aromatic carbocycles. The van der Waals surface area contributed by atoms with E-state index in [1.54, 1.807) is 6.33 Å². The average Bonchev–Trinajstić information content (AvgIpc) is 3.12. The van der Waals surface area contributed by atoms with Crippen LogP contribution in [0.5, 0.6) is 0 Å². The summed E-state index contributed by atoms with van der Waals surface area (Å²) in [4.78, 5) is 4.36. The molecule has 3 aromatic rings. The lowest BCUT2D eigenvalue weighted by Gasteiger charge is -2.15. The standard InChI is InChI=1S/C16H20N4O/c1-3-17-13(10-16-18-11-19-20(16)4-2)15-9-12-7-5-6-8-14(12)21-15/h5-9,11,13,17H,3-4,10H2,1-2H3. The van der Waals surface area contributed by atoms with Crippen molar-refractivity contribution >= 4 is 11.0 Å². The molecule has 0 amide bonds. The molecule has 0 saturated carbocycles. The Morgan fingerprint density at radius 3 is 2.90 bits per heavy atom. The van der Waals surface area contributed by atoms with Crippen LogP contribution in [0.15, 0.2) is 41.1 Å². The van der Waals surface area contributed by atoms with E-state index in [0.717, 1.165) is 42.1 Å². The molecular formula is C16H20N4O. The van der Waals surface area contributed by atoms with E-state index in [2.05, 4.69) is 41.4 Å². The smallest absolute Gasteiger partial charge is 0.138 e. The summed E-state index contributed by atoms with van der Waals surface area (Å²) in [7, 11) is 0. The third-order valence-corrected chi connectivity index (χ3v) is 3.62. The number of hydrogen-bond donors (Lipinski definition) is 1. The molecule has 1 unspecified atom stereocenters. The fraction of sp³-hybridized carbons (Fsp3) is 0.375. The highest BCUT2D eigenvalue weighted by atomic mass is 16.3. The summed E-state index contributed by atoms with van der Waals surface area (Å²) < 4.78 is 7.91. The van der Waals surface area contributed by atoms with Crippen LogP contribution >= 0.6 is 0 Å². The molecule has 0 aliphatic carbocycles. The molecule has 21 heavy (non-hydrogen) atoms. The summed E-state index contributed by atoms with van der Waals surface area (Å²) in [5.74, 6) is 1.92. The van der Waals surface area contributed by atoms with E-state index < -0.39 is 0 Å². The van der Waals surface area contributed by atoms with Gasteiger partial charge in [0.25, 0.3) is 0 Å². The van der Waals surface area contributed by atoms with Gasteiger partial charge in [-0.25, -0.2) is 4.98 Å². The normalized spacial score (nSPS) is 12.9. The van der Waals surface area contributed by atoms with Gasteiger partial charge in [0.05, 0.1) is 6.04 Å². The quantitative estimate of drug-likeness (QED) is 0.756. The Labute approximate surface area is 124 Å². The summed E-state index contributed by atoms with van der Waals surface area (Å²) >= 11 is 0. The van der Waals surface area contributed by atoms with Crippen LogP contribution in [0.25, 0.3) is 11.0 Å². The zero-order valence-electron chi connectivity index (χ0n) is 12.4. The van der Waals surface area contributed by atoms with E-state index in [1.165, 1.54) is 0 Å². The van der Waals surface area contributed by atoms with Crippen molar-refractivity contribution in [3.8, 4) is 0 Å². The van der Waals surface area contributed by atoms with Crippen LogP contribution in [-0.4, -0.2) is 21.3 Å². The Morgan fingerprint density at radius 1 is 1.29 bits per heavy atom. The van der Waals surface area contributed by atoms with Crippen molar-refractivity contribution in [2.45, 2.75) is 32.9 Å². The molecule has 5 nitrogen and oxygen atoms in total. The second-order valence-electron chi connectivity index (χ2n) is 4.99. The van der Waals surface area contributed by atoms with Crippen molar-refractivity contribution < 1.29 is 4.42 Å². The maximum absolute atomic E-state index is 5.99. The number of hydrogen-bond acceptors (Lipinski definition) is 4. The van der Waals surface area contributed by atoms with E-state index in [1.807, 2.05) is 22.9 Å². The van der Waals surface area contributed by atoms with Gasteiger partial charge in [-0.1, -0.05) is 25.1 Å². The van der Waals surface area contributed by atoms with Crippen molar-refractivity contribution in [1.82, 2.24) is 20.1 Å². The Morgan fingerprint density at radius 2 is 2.14 bits per heavy atom. The molecule has 1 atom stereocenters. The first-order valence-corrected chi connectivity index (χ1v) is 7.40. The topological polar surface area (TPSA) is 55.9 Å². The molecule has 110 valence electrons. The number of para-hydroxylation sites is 1. The van der Waals surface area contributed by atoms with E-state index in [0.29, 0.717) is 0 Å². The largest absolute Gasteiger partial charge is 0.459 e. The molecule has 0 aliphatic rings. The monoisotopic (exact) mass is 284 g/mol. The Kier molecular flexibility index (Phi) is 4.01. The number of furan rings is 1. The molecule has 3 rings (SSSR count). The fourth-order valence-electron chi connectivity index (χ4n) is 2.59. The third-order valence-electron chi connectivity index (χ3n) is 3.62. The van der Waals surface area contributed by atoms with Crippen molar-refractivity contribution in [1.29, 1.82) is 0 Å². The highest BCUT2D eigenvalue weighted by Gasteiger charge is 2.18. The highest BCUT2D eigenvalue weighted by Crippen LogP contribution is 2.25. The van der Waals surface area contributed by atoms with Gasteiger partial charge in [-0.05, 0) is 25.6 Å². The number of aryl methyl sites for hydroxylation is 1. The van der Waals surface area contributed by atoms with Gasteiger partial charge in [0.15, 0.2) is 0 Å². The molecular weight excluding hydrogens is 264 g/mol. The summed E-state index contributed by atoms with van der Waals surface area (Å²) in [6.07, 6.45) is 2.38. The minimum absolute atomic E-state index is 0.108. The summed E-state index contributed by atoms with van der Waals surface area (Å²) in [5, 5.41) is 8.84. The minimum atomic E-state index is 0.108. The lowest BCUT2D eigenvalue weighted by atomic mass is 10.1. The fourth-order valence-corrected chi connectivity index (χ4v) is 2.59. The van der Waals surface area contributed by atoms with Crippen molar-refractivity contribution in [3.05, 3.63) is 48.2 Å². The van der Waals surface area contributed by atoms with Crippen molar-refractivity contribution in [3.63, 3.8) is 0 Å². The number of aromatic nitrogens is 3. The van der Waals surface area contributed by atoms with Crippen LogP contribution in [0.3, 0.4) is 0 Å². The first kappa shape index (κ1) is 13.8. The Bertz CT molecular complexity index is 683. The minimum Gasteiger partial charge on any atom is -0.459 e. The van der Waals surface area contributed by atoms with E-state index in [4.69, 9.17) is 4.42 Å². The molecule has 2 aromatic heterocycles. The summed E-state index contributed by atoms with van der Waals surface area (Å²) in [5.41, 5.74) is 0.923. The van der Waals surface area contributed by atoms with Gasteiger partial charge in [-0.15, -0.1) is 0 Å². The Hall–Kier alpha value is -2.14. The molecule has 0 radical (unpaired) electrons. The number of fused-ring (bicyclic) bond motifs is 1. The van der Waals surface area contributed by atoms with Crippen LogP contribution in [0.1, 0.15) is 31.5 Å². The molecule has 0 spiro atoms. The van der Waals surface area contributed by atoms with Crippen LogP contribution in [0.2, 0.25) is 0 Å². The van der Waals surface area contributed by atoms with E-state index in [-0.39, 0.29) is 6.04 Å². The van der Waals surface area contributed by atoms with Crippen LogP contribution in [-0.2, 0) is 13.0 Å². The van der Waals surface area contributed by atoms with Gasteiger partial charge in [-0.2, -0.15) is 5.10 Å². The number of nitrogens with zero attached hydrogens (tertiary/aromatic N) is 3. The van der Waals surface area contributed by atoms with Crippen LogP contribution in [0, 0.1) is 0 Å². The van der Waals surface area contributed by atoms with Crippen LogP contribution in [0.4, 0.5) is 0 Å². The van der Waals surface area contributed by atoms with Crippen molar-refractivity contribution in [2.75, 3.05) is 6.54 Å². The van der Waals surface area contributed by atoms with Gasteiger partial charge in [0.1, 0.15) is 23.5 Å². The second kappa shape index (κ2) is 6.10. The zero-order chi connectivity index (χ0) is 14.7. The van der Waals surface area contributed by atoms with E-state index >= 15 is 0 Å². The second-order valence-corrected chi connectivity index (χ2v) is 4.99. The first-order valence-electron chi connectivity index (χ1n) is 7.40. The molecule has 0 aliphatic heterocycles. The van der Waals surface area contributed by atoms with E-state index in [9.17, 15) is 0 Å². The highest BCUT2D eigenvalue weighted by molar-refractivity contribution is 5.77. The first-order chi connectivity index (χ1) is 10.3. The lowest BCUT2D eigenvalue weighted by Crippen LogP contribution is -2.24. The number of rotatable bonds is 6. The molecule has 0 bridgehead atoms. The Balaban J connectivity index is 1.90. The molecule has 1 N–H and O–H groups in total. The number of likely N-dealkylation sites (N-methyl/N-ethyl adjacent to an activating group) is 1. The number of benzene rings is 1. The van der Waals surface area contributed by atoms with Crippen LogP contribution < -0.4 is 5.32 Å². The molecule has 5 heteroatoms. The lowest BCUT2D eigenvalue weighted by molar-refractivity contribution is 0.421. The van der Waals surface area contributed by atoms with Gasteiger partial charge in [-0.3, -0.25) is 4.68 Å². The van der Waals surface area contributed by atoms with Crippen molar-refractivity contribution in [2.24, 2.45) is 0 Å². The average molecular weight is 284 g/mol. The zero-order valence-corrected chi connectivity index (χ0v) is 12.4. The maximum atomic E-state index is 5.99. The maximum Gasteiger partial charge on any atom is 0.138 e. The molecule has 0 fully saturated rings. The summed E-state index contributed by atoms with van der Waals surface area (Å²) in [6, 6.07) is 10.3. The van der Waals surface area contributed by atoms with Gasteiger partial charge in [0.2, 0.25) is 0 Å². The summed E-state index contributed by atoms with van der Waals surface area (Å²) in [6.45, 7) is 5.87. The molecule has 2 heterocycles. The van der Waals surface area contributed by atoms with Gasteiger partial charge in [0, 0.05) is 18.4 Å².